The van der Waals surface area contributed by atoms with E-state index in [0.717, 1.165) is 25.1 Å². The second kappa shape index (κ2) is 7.89. The van der Waals surface area contributed by atoms with E-state index in [1.54, 1.807) is 11.0 Å². The zero-order chi connectivity index (χ0) is 15.9. The number of anilines is 1. The number of amides is 2. The first-order valence-corrected chi connectivity index (χ1v) is 7.82. The predicted octanol–water partition coefficient (Wildman–Crippen LogP) is 1.31. The molecule has 3 N–H and O–H groups in total. The average Bonchev–Trinajstić information content (AvgIpc) is 2.52. The van der Waals surface area contributed by atoms with Gasteiger partial charge in [-0.3, -0.25) is 9.59 Å². The quantitative estimate of drug-likeness (QED) is 0.858. The van der Waals surface area contributed by atoms with E-state index in [1.165, 1.54) is 0 Å². The molecule has 1 aliphatic rings. The lowest BCUT2D eigenvalue weighted by Crippen LogP contribution is -2.43. The number of hydrogen-bond donors (Lipinski definition) is 2. The third-order valence-corrected chi connectivity index (χ3v) is 3.88. The van der Waals surface area contributed by atoms with E-state index in [4.69, 9.17) is 5.73 Å². The smallest absolute Gasteiger partial charge is 0.230 e. The van der Waals surface area contributed by atoms with Crippen LogP contribution in [0.5, 0.6) is 0 Å². The summed E-state index contributed by atoms with van der Waals surface area (Å²) in [5.74, 6) is 0.431. The zero-order valence-electron chi connectivity index (χ0n) is 13.0. The minimum absolute atomic E-state index is 0.0607. The van der Waals surface area contributed by atoms with Gasteiger partial charge in [-0.2, -0.15) is 0 Å². The fourth-order valence-corrected chi connectivity index (χ4v) is 2.67. The summed E-state index contributed by atoms with van der Waals surface area (Å²) in [5.41, 5.74) is 6.30. The van der Waals surface area contributed by atoms with Crippen LogP contribution in [0.4, 0.5) is 5.82 Å². The number of nitrogens with one attached hydrogen (secondary N) is 1. The predicted molar refractivity (Wildman–Crippen MR) is 85.2 cm³/mol. The molecule has 1 unspecified atom stereocenters. The van der Waals surface area contributed by atoms with Gasteiger partial charge in [0.2, 0.25) is 11.8 Å². The van der Waals surface area contributed by atoms with Crippen molar-refractivity contribution < 1.29 is 9.59 Å². The lowest BCUT2D eigenvalue weighted by Gasteiger charge is -2.32. The van der Waals surface area contributed by atoms with Gasteiger partial charge in [0, 0.05) is 25.2 Å². The number of likely N-dealkylation sites (tertiary alicyclic amines) is 1. The molecular formula is C16H24N4O2. The number of rotatable bonds is 5. The van der Waals surface area contributed by atoms with Gasteiger partial charge in [-0.15, -0.1) is 0 Å². The minimum atomic E-state index is -0.169. The summed E-state index contributed by atoms with van der Waals surface area (Å²) in [6.07, 6.45) is 2.82. The molecule has 2 heterocycles. The van der Waals surface area contributed by atoms with Crippen molar-refractivity contribution in [1.82, 2.24) is 9.88 Å². The van der Waals surface area contributed by atoms with Crippen molar-refractivity contribution in [3.05, 3.63) is 23.9 Å². The molecule has 2 rings (SSSR count). The third kappa shape index (κ3) is 4.53. The molecule has 0 saturated carbocycles. The molecule has 1 aromatic rings. The van der Waals surface area contributed by atoms with E-state index in [2.05, 4.69) is 10.3 Å². The Bertz CT molecular complexity index is 533. The molecule has 0 aromatic carbocycles. The van der Waals surface area contributed by atoms with Gasteiger partial charge in [0.25, 0.3) is 0 Å². The van der Waals surface area contributed by atoms with Crippen molar-refractivity contribution in [3.63, 3.8) is 0 Å². The first-order valence-electron chi connectivity index (χ1n) is 7.82. The summed E-state index contributed by atoms with van der Waals surface area (Å²) >= 11 is 0. The number of pyridine rings is 1. The number of aryl methyl sites for hydroxylation is 1. The Morgan fingerprint density at radius 2 is 2.27 bits per heavy atom. The number of carbonyl (C=O) groups excluding carboxylic acids is 2. The summed E-state index contributed by atoms with van der Waals surface area (Å²) in [6.45, 7) is 3.62. The van der Waals surface area contributed by atoms with E-state index >= 15 is 0 Å². The SMILES string of the molecule is Cc1cccc(NC(=O)C2CCCN(C(=O)CCCN)C2)n1. The maximum atomic E-state index is 12.4. The first-order chi connectivity index (χ1) is 10.6. The molecule has 1 aliphatic heterocycles. The summed E-state index contributed by atoms with van der Waals surface area (Å²) in [7, 11) is 0. The van der Waals surface area contributed by atoms with Crippen LogP contribution in [0.3, 0.4) is 0 Å². The van der Waals surface area contributed by atoms with E-state index in [9.17, 15) is 9.59 Å². The van der Waals surface area contributed by atoms with E-state index in [0.29, 0.717) is 31.7 Å². The molecule has 1 aromatic heterocycles. The number of nitrogens with zero attached hydrogens (tertiary/aromatic N) is 2. The maximum absolute atomic E-state index is 12.4. The summed E-state index contributed by atoms with van der Waals surface area (Å²) < 4.78 is 0. The molecule has 1 atom stereocenters. The Morgan fingerprint density at radius 3 is 3.00 bits per heavy atom. The molecule has 22 heavy (non-hydrogen) atoms. The number of nitrogens with two attached hydrogens (primary N) is 1. The Hall–Kier alpha value is -1.95. The molecule has 1 fully saturated rings. The van der Waals surface area contributed by atoms with Gasteiger partial charge in [-0.05, 0) is 44.9 Å². The van der Waals surface area contributed by atoms with Crippen LogP contribution < -0.4 is 11.1 Å². The molecule has 0 spiro atoms. The second-order valence-corrected chi connectivity index (χ2v) is 5.72. The molecule has 2 amide bonds. The van der Waals surface area contributed by atoms with Gasteiger partial charge in [0.05, 0.1) is 5.92 Å². The highest BCUT2D eigenvalue weighted by atomic mass is 16.2. The Labute approximate surface area is 131 Å². The van der Waals surface area contributed by atoms with Crippen molar-refractivity contribution in [2.24, 2.45) is 11.7 Å². The monoisotopic (exact) mass is 304 g/mol. The van der Waals surface area contributed by atoms with Crippen molar-refractivity contribution >= 4 is 17.6 Å². The highest BCUT2D eigenvalue weighted by molar-refractivity contribution is 5.92. The van der Waals surface area contributed by atoms with E-state index in [1.807, 2.05) is 19.1 Å². The van der Waals surface area contributed by atoms with Gasteiger partial charge < -0.3 is 16.0 Å². The molecule has 0 bridgehead atoms. The van der Waals surface area contributed by atoms with Crippen molar-refractivity contribution in [2.75, 3.05) is 25.0 Å². The van der Waals surface area contributed by atoms with E-state index in [-0.39, 0.29) is 17.7 Å². The molecule has 6 nitrogen and oxygen atoms in total. The molecule has 1 saturated heterocycles. The standard InChI is InChI=1S/C16H24N4O2/c1-12-5-2-7-14(18-12)19-16(22)13-6-4-10-20(11-13)15(21)8-3-9-17/h2,5,7,13H,3-4,6,8-11,17H2,1H3,(H,18,19,22). The molecule has 0 aliphatic carbocycles. The highest BCUT2D eigenvalue weighted by Crippen LogP contribution is 2.19. The zero-order valence-corrected chi connectivity index (χ0v) is 13.0. The van der Waals surface area contributed by atoms with Crippen LogP contribution in [0, 0.1) is 12.8 Å². The lowest BCUT2D eigenvalue weighted by molar-refractivity contribution is -0.134. The largest absolute Gasteiger partial charge is 0.342 e. The van der Waals surface area contributed by atoms with Crippen LogP contribution in [0.15, 0.2) is 18.2 Å². The van der Waals surface area contributed by atoms with Gasteiger partial charge in [-0.25, -0.2) is 4.98 Å². The van der Waals surface area contributed by atoms with Gasteiger partial charge in [0.15, 0.2) is 0 Å². The van der Waals surface area contributed by atoms with Crippen LogP contribution in [-0.2, 0) is 9.59 Å². The van der Waals surface area contributed by atoms with Crippen molar-refractivity contribution in [2.45, 2.75) is 32.6 Å². The fourth-order valence-electron chi connectivity index (χ4n) is 2.67. The second-order valence-electron chi connectivity index (χ2n) is 5.72. The van der Waals surface area contributed by atoms with Crippen LogP contribution in [0.1, 0.15) is 31.4 Å². The maximum Gasteiger partial charge on any atom is 0.230 e. The van der Waals surface area contributed by atoms with Gasteiger partial charge >= 0.3 is 0 Å². The normalized spacial score (nSPS) is 18.1. The topological polar surface area (TPSA) is 88.3 Å². The van der Waals surface area contributed by atoms with Crippen LogP contribution in [0.2, 0.25) is 0 Å². The number of piperidine rings is 1. The van der Waals surface area contributed by atoms with Crippen LogP contribution >= 0.6 is 0 Å². The highest BCUT2D eigenvalue weighted by Gasteiger charge is 2.28. The Balaban J connectivity index is 1.91. The number of hydrogen-bond acceptors (Lipinski definition) is 4. The fraction of sp³-hybridized carbons (Fsp3) is 0.562. The van der Waals surface area contributed by atoms with Gasteiger partial charge in [0.1, 0.15) is 5.82 Å². The van der Waals surface area contributed by atoms with E-state index < -0.39 is 0 Å². The number of aromatic nitrogens is 1. The average molecular weight is 304 g/mol. The number of carbonyl (C=O) groups is 2. The molecule has 6 heteroatoms. The molecule has 0 radical (unpaired) electrons. The summed E-state index contributed by atoms with van der Waals surface area (Å²) in [4.78, 5) is 30.5. The Morgan fingerprint density at radius 1 is 1.45 bits per heavy atom. The van der Waals surface area contributed by atoms with Crippen molar-refractivity contribution in [3.8, 4) is 0 Å². The third-order valence-electron chi connectivity index (χ3n) is 3.88. The lowest BCUT2D eigenvalue weighted by atomic mass is 9.96. The van der Waals surface area contributed by atoms with Crippen LogP contribution in [0.25, 0.3) is 0 Å². The molecular weight excluding hydrogens is 280 g/mol. The minimum Gasteiger partial charge on any atom is -0.342 e. The molecule has 120 valence electrons. The summed E-state index contributed by atoms with van der Waals surface area (Å²) in [6, 6.07) is 5.52. The first kappa shape index (κ1) is 16.4. The van der Waals surface area contributed by atoms with Gasteiger partial charge in [-0.1, -0.05) is 6.07 Å². The van der Waals surface area contributed by atoms with Crippen LogP contribution in [-0.4, -0.2) is 41.3 Å². The summed E-state index contributed by atoms with van der Waals surface area (Å²) in [5, 5.41) is 2.85. The Kier molecular flexibility index (Phi) is 5.89. The van der Waals surface area contributed by atoms with Crippen molar-refractivity contribution in [1.29, 1.82) is 0 Å².